The van der Waals surface area contributed by atoms with E-state index in [0.717, 1.165) is 69.2 Å². The van der Waals surface area contributed by atoms with Crippen molar-refractivity contribution < 1.29 is 4.79 Å². The molecule has 0 spiro atoms. The zero-order valence-corrected chi connectivity index (χ0v) is 18.5. The quantitative estimate of drug-likeness (QED) is 0.666. The normalized spacial score (nSPS) is 15.4. The molecule has 9 heteroatoms. The van der Waals surface area contributed by atoms with Crippen LogP contribution in [0.1, 0.15) is 45.7 Å². The fraction of sp³-hybridized carbons (Fsp3) is 0.700. The van der Waals surface area contributed by atoms with Gasteiger partial charge in [0, 0.05) is 43.9 Å². The predicted octanol–water partition coefficient (Wildman–Crippen LogP) is 1.78. The van der Waals surface area contributed by atoms with Gasteiger partial charge in [0.05, 0.1) is 0 Å². The summed E-state index contributed by atoms with van der Waals surface area (Å²) in [5, 5.41) is 8.37. The van der Waals surface area contributed by atoms with Crippen molar-refractivity contribution in [3.63, 3.8) is 0 Å². The molecule has 0 saturated carbocycles. The Balaban J connectivity index is 1.55. The molecule has 0 atom stereocenters. The number of anilines is 1. The fourth-order valence-electron chi connectivity index (χ4n) is 3.71. The number of carbonyl (C=O) groups excluding carboxylic acids is 1. The van der Waals surface area contributed by atoms with Crippen molar-refractivity contribution in [1.82, 2.24) is 24.8 Å². The van der Waals surface area contributed by atoms with Crippen LogP contribution in [0.25, 0.3) is 4.96 Å². The second kappa shape index (κ2) is 10.2. The number of rotatable bonds is 9. The SMILES string of the molecule is CCCc1cc(=O)n2nc(N3CCC(C(=O)NCCN(CC)CC)CC3)sc2n1. The third-order valence-electron chi connectivity index (χ3n) is 5.55. The molecular formula is C20H32N6O2S. The van der Waals surface area contributed by atoms with Crippen LogP contribution in [0, 0.1) is 5.92 Å². The Morgan fingerprint density at radius 2 is 2.00 bits per heavy atom. The number of fused-ring (bicyclic) bond motifs is 1. The molecule has 0 aromatic carbocycles. The molecule has 8 nitrogen and oxygen atoms in total. The molecule has 0 aliphatic carbocycles. The van der Waals surface area contributed by atoms with Gasteiger partial charge < -0.3 is 15.1 Å². The molecule has 2 aromatic rings. The maximum Gasteiger partial charge on any atom is 0.275 e. The lowest BCUT2D eigenvalue weighted by atomic mass is 9.96. The van der Waals surface area contributed by atoms with Crippen molar-refractivity contribution in [2.45, 2.75) is 46.5 Å². The molecule has 1 fully saturated rings. The minimum Gasteiger partial charge on any atom is -0.355 e. The van der Waals surface area contributed by atoms with Crippen LogP contribution in [-0.2, 0) is 11.2 Å². The first-order valence-corrected chi connectivity index (χ1v) is 11.5. The van der Waals surface area contributed by atoms with Crippen LogP contribution in [0.5, 0.6) is 0 Å². The van der Waals surface area contributed by atoms with Crippen LogP contribution in [0.15, 0.2) is 10.9 Å². The molecule has 1 amide bonds. The first-order valence-electron chi connectivity index (χ1n) is 10.7. The number of piperidine rings is 1. The lowest BCUT2D eigenvalue weighted by Gasteiger charge is -2.30. The second-order valence-electron chi connectivity index (χ2n) is 7.49. The van der Waals surface area contributed by atoms with E-state index in [-0.39, 0.29) is 17.4 Å². The maximum absolute atomic E-state index is 12.5. The van der Waals surface area contributed by atoms with E-state index >= 15 is 0 Å². The standard InChI is InChI=1S/C20H32N6O2S/c1-4-7-16-14-17(27)26-19(22-16)29-20(23-26)25-11-8-15(9-12-25)18(28)21-10-13-24(5-2)6-3/h14-15H,4-13H2,1-3H3,(H,21,28). The Labute approximate surface area is 175 Å². The third kappa shape index (κ3) is 5.33. The first kappa shape index (κ1) is 21.7. The van der Waals surface area contributed by atoms with Crippen LogP contribution < -0.4 is 15.8 Å². The van der Waals surface area contributed by atoms with Gasteiger partial charge in [0.1, 0.15) is 0 Å². The van der Waals surface area contributed by atoms with Crippen LogP contribution in [0.4, 0.5) is 5.13 Å². The van der Waals surface area contributed by atoms with Gasteiger partial charge >= 0.3 is 0 Å². The van der Waals surface area contributed by atoms with Crippen LogP contribution in [0.3, 0.4) is 0 Å². The summed E-state index contributed by atoms with van der Waals surface area (Å²) in [6.07, 6.45) is 3.36. The van der Waals surface area contributed by atoms with E-state index in [2.05, 4.69) is 46.0 Å². The minimum absolute atomic E-state index is 0.0503. The molecule has 29 heavy (non-hydrogen) atoms. The van der Waals surface area contributed by atoms with E-state index in [1.54, 1.807) is 6.07 Å². The van der Waals surface area contributed by atoms with Crippen molar-refractivity contribution in [2.75, 3.05) is 44.2 Å². The van der Waals surface area contributed by atoms with Gasteiger partial charge in [0.25, 0.3) is 5.56 Å². The molecule has 0 unspecified atom stereocenters. The highest BCUT2D eigenvalue weighted by Crippen LogP contribution is 2.27. The first-order chi connectivity index (χ1) is 14.0. The highest BCUT2D eigenvalue weighted by molar-refractivity contribution is 7.20. The zero-order valence-electron chi connectivity index (χ0n) is 17.7. The highest BCUT2D eigenvalue weighted by Gasteiger charge is 2.26. The van der Waals surface area contributed by atoms with Gasteiger partial charge in [0.15, 0.2) is 0 Å². The van der Waals surface area contributed by atoms with Crippen LogP contribution in [0.2, 0.25) is 0 Å². The maximum atomic E-state index is 12.5. The Kier molecular flexibility index (Phi) is 7.60. The molecule has 1 N–H and O–H groups in total. The van der Waals surface area contributed by atoms with E-state index in [9.17, 15) is 9.59 Å². The Morgan fingerprint density at radius 3 is 2.66 bits per heavy atom. The molecule has 1 aliphatic rings. The highest BCUT2D eigenvalue weighted by atomic mass is 32.1. The van der Waals surface area contributed by atoms with Crippen molar-refractivity contribution in [2.24, 2.45) is 5.92 Å². The van der Waals surface area contributed by atoms with Crippen LogP contribution >= 0.6 is 11.3 Å². The van der Waals surface area contributed by atoms with Gasteiger partial charge in [-0.3, -0.25) is 9.59 Å². The topological polar surface area (TPSA) is 82.8 Å². The zero-order chi connectivity index (χ0) is 20.8. The summed E-state index contributed by atoms with van der Waals surface area (Å²) in [5.41, 5.74) is 0.705. The molecule has 160 valence electrons. The van der Waals surface area contributed by atoms with E-state index in [4.69, 9.17) is 0 Å². The van der Waals surface area contributed by atoms with Gasteiger partial charge in [-0.25, -0.2) is 4.98 Å². The smallest absolute Gasteiger partial charge is 0.275 e. The molecule has 3 heterocycles. The molecule has 2 aromatic heterocycles. The number of likely N-dealkylation sites (N-methyl/N-ethyl adjacent to an activating group) is 1. The molecule has 0 bridgehead atoms. The number of hydrogen-bond donors (Lipinski definition) is 1. The number of nitrogens with one attached hydrogen (secondary N) is 1. The molecule has 1 aliphatic heterocycles. The van der Waals surface area contributed by atoms with E-state index < -0.39 is 0 Å². The van der Waals surface area contributed by atoms with Gasteiger partial charge in [-0.15, -0.1) is 5.10 Å². The van der Waals surface area contributed by atoms with Gasteiger partial charge in [0.2, 0.25) is 16.0 Å². The minimum atomic E-state index is -0.122. The number of carbonyl (C=O) groups is 1. The molecule has 3 rings (SSSR count). The average molecular weight is 421 g/mol. The summed E-state index contributed by atoms with van der Waals surface area (Å²) in [4.78, 5) is 34.4. The molecule has 1 saturated heterocycles. The van der Waals surface area contributed by atoms with E-state index in [1.165, 1.54) is 15.9 Å². The number of hydrogen-bond acceptors (Lipinski definition) is 7. The number of nitrogens with zero attached hydrogens (tertiary/aromatic N) is 5. The second-order valence-corrected chi connectivity index (χ2v) is 8.43. The summed E-state index contributed by atoms with van der Waals surface area (Å²) < 4.78 is 1.39. The average Bonchev–Trinajstić information content (AvgIpc) is 3.16. The Hall–Kier alpha value is -2.00. The van der Waals surface area contributed by atoms with E-state index in [0.29, 0.717) is 11.5 Å². The Bertz CT molecular complexity index is 867. The number of aryl methyl sites for hydroxylation is 1. The van der Waals surface area contributed by atoms with Crippen molar-refractivity contribution in [1.29, 1.82) is 0 Å². The van der Waals surface area contributed by atoms with Gasteiger partial charge in [-0.2, -0.15) is 4.52 Å². The summed E-state index contributed by atoms with van der Waals surface area (Å²) in [6.45, 7) is 11.5. The summed E-state index contributed by atoms with van der Waals surface area (Å²) in [5.74, 6) is 0.206. The monoisotopic (exact) mass is 420 g/mol. The molecule has 0 radical (unpaired) electrons. The van der Waals surface area contributed by atoms with Crippen molar-refractivity contribution in [3.05, 3.63) is 22.1 Å². The van der Waals surface area contributed by atoms with E-state index in [1.807, 2.05) is 0 Å². The predicted molar refractivity (Wildman–Crippen MR) is 117 cm³/mol. The summed E-state index contributed by atoms with van der Waals surface area (Å²) in [6, 6.07) is 1.58. The lowest BCUT2D eigenvalue weighted by molar-refractivity contribution is -0.125. The van der Waals surface area contributed by atoms with Crippen LogP contribution in [-0.4, -0.2) is 64.7 Å². The largest absolute Gasteiger partial charge is 0.355 e. The van der Waals surface area contributed by atoms with Gasteiger partial charge in [-0.1, -0.05) is 38.5 Å². The number of aromatic nitrogens is 3. The summed E-state index contributed by atoms with van der Waals surface area (Å²) in [7, 11) is 0. The lowest BCUT2D eigenvalue weighted by Crippen LogP contribution is -2.42. The van der Waals surface area contributed by atoms with Crippen molar-refractivity contribution in [3.8, 4) is 0 Å². The Morgan fingerprint density at radius 1 is 1.28 bits per heavy atom. The third-order valence-corrected chi connectivity index (χ3v) is 6.52. The fourth-order valence-corrected chi connectivity index (χ4v) is 4.69. The number of amides is 1. The summed E-state index contributed by atoms with van der Waals surface area (Å²) >= 11 is 1.45. The van der Waals surface area contributed by atoms with Gasteiger partial charge in [-0.05, 0) is 32.4 Å². The molecular weight excluding hydrogens is 388 g/mol. The van der Waals surface area contributed by atoms with Crippen molar-refractivity contribution >= 4 is 27.3 Å².